The van der Waals surface area contributed by atoms with E-state index in [9.17, 15) is 0 Å². The van der Waals surface area contributed by atoms with Crippen LogP contribution in [0.2, 0.25) is 5.02 Å². The SMILES string of the molecule is Cl.Clc1ccccc1C12CNCC1C2. The minimum Gasteiger partial charge on any atom is -0.316 e. The molecule has 1 aromatic carbocycles. The molecule has 0 bridgehead atoms. The van der Waals surface area contributed by atoms with Gasteiger partial charge >= 0.3 is 0 Å². The Bertz CT molecular complexity index is 353. The number of hydrogen-bond donors (Lipinski definition) is 1. The Morgan fingerprint density at radius 3 is 2.71 bits per heavy atom. The molecule has 3 heteroatoms. The molecule has 1 N–H and O–H groups in total. The second kappa shape index (κ2) is 3.41. The average molecular weight is 230 g/mol. The molecule has 2 aliphatic rings. The van der Waals surface area contributed by atoms with Crippen molar-refractivity contribution in [3.63, 3.8) is 0 Å². The summed E-state index contributed by atoms with van der Waals surface area (Å²) in [7, 11) is 0. The van der Waals surface area contributed by atoms with Crippen LogP contribution in [0.3, 0.4) is 0 Å². The molecule has 1 nitrogen and oxygen atoms in total. The molecular formula is C11H13Cl2N. The lowest BCUT2D eigenvalue weighted by molar-refractivity contribution is 0.676. The monoisotopic (exact) mass is 229 g/mol. The van der Waals surface area contributed by atoms with Gasteiger partial charge in [0.1, 0.15) is 0 Å². The molecular weight excluding hydrogens is 217 g/mol. The van der Waals surface area contributed by atoms with E-state index in [1.54, 1.807) is 0 Å². The van der Waals surface area contributed by atoms with Crippen molar-refractivity contribution in [1.29, 1.82) is 0 Å². The van der Waals surface area contributed by atoms with Crippen LogP contribution in [0.15, 0.2) is 24.3 Å². The van der Waals surface area contributed by atoms with Gasteiger partial charge < -0.3 is 5.32 Å². The van der Waals surface area contributed by atoms with E-state index in [4.69, 9.17) is 11.6 Å². The summed E-state index contributed by atoms with van der Waals surface area (Å²) < 4.78 is 0. The smallest absolute Gasteiger partial charge is 0.0444 e. The van der Waals surface area contributed by atoms with Gasteiger partial charge in [0.25, 0.3) is 0 Å². The second-order valence-electron chi connectivity index (χ2n) is 4.17. The maximum atomic E-state index is 6.19. The fraction of sp³-hybridized carbons (Fsp3) is 0.455. The predicted octanol–water partition coefficient (Wildman–Crippen LogP) is 2.62. The molecule has 1 aliphatic carbocycles. The Labute approximate surface area is 95.3 Å². The fourth-order valence-corrected chi connectivity index (χ4v) is 2.95. The Balaban J connectivity index is 0.000000750. The number of nitrogens with one attached hydrogen (secondary N) is 1. The average Bonchev–Trinajstić information content (AvgIpc) is 2.70. The van der Waals surface area contributed by atoms with E-state index in [1.165, 1.54) is 18.5 Å². The number of rotatable bonds is 1. The Kier molecular flexibility index (Phi) is 2.50. The molecule has 1 saturated heterocycles. The number of hydrogen-bond acceptors (Lipinski definition) is 1. The van der Waals surface area contributed by atoms with E-state index >= 15 is 0 Å². The van der Waals surface area contributed by atoms with Crippen LogP contribution in [-0.4, -0.2) is 13.1 Å². The molecule has 3 rings (SSSR count). The molecule has 14 heavy (non-hydrogen) atoms. The molecule has 1 saturated carbocycles. The summed E-state index contributed by atoms with van der Waals surface area (Å²) >= 11 is 6.19. The highest BCUT2D eigenvalue weighted by molar-refractivity contribution is 6.31. The maximum absolute atomic E-state index is 6.19. The van der Waals surface area contributed by atoms with Gasteiger partial charge in [-0.25, -0.2) is 0 Å². The van der Waals surface area contributed by atoms with Gasteiger partial charge in [0.2, 0.25) is 0 Å². The first-order valence-corrected chi connectivity index (χ1v) is 5.16. The first kappa shape index (κ1) is 10.3. The van der Waals surface area contributed by atoms with Crippen molar-refractivity contribution < 1.29 is 0 Å². The Morgan fingerprint density at radius 1 is 1.36 bits per heavy atom. The third-order valence-corrected chi connectivity index (χ3v) is 3.80. The van der Waals surface area contributed by atoms with E-state index < -0.39 is 0 Å². The van der Waals surface area contributed by atoms with Crippen molar-refractivity contribution in [2.45, 2.75) is 11.8 Å². The number of piperidine rings is 1. The Morgan fingerprint density at radius 2 is 2.14 bits per heavy atom. The third-order valence-electron chi connectivity index (χ3n) is 3.47. The quantitative estimate of drug-likeness (QED) is 0.781. The molecule has 0 amide bonds. The van der Waals surface area contributed by atoms with Gasteiger partial charge in [0.05, 0.1) is 0 Å². The number of benzene rings is 1. The summed E-state index contributed by atoms with van der Waals surface area (Å²) in [6.45, 7) is 2.28. The molecule has 0 aromatic heterocycles. The van der Waals surface area contributed by atoms with Crippen LogP contribution in [0.1, 0.15) is 12.0 Å². The zero-order chi connectivity index (χ0) is 8.89. The summed E-state index contributed by atoms with van der Waals surface area (Å²) in [6, 6.07) is 8.26. The van der Waals surface area contributed by atoms with E-state index in [0.29, 0.717) is 5.41 Å². The Hall–Kier alpha value is -0.240. The first-order valence-electron chi connectivity index (χ1n) is 4.79. The van der Waals surface area contributed by atoms with E-state index in [1.807, 2.05) is 12.1 Å². The molecule has 0 radical (unpaired) electrons. The molecule has 2 fully saturated rings. The van der Waals surface area contributed by atoms with Crippen molar-refractivity contribution in [3.05, 3.63) is 34.9 Å². The third kappa shape index (κ3) is 1.27. The standard InChI is InChI=1S/C11H12ClN.ClH/c12-10-4-2-1-3-9(10)11-5-8(11)6-13-7-11;/h1-4,8,13H,5-7H2;1H. The maximum Gasteiger partial charge on any atom is 0.0444 e. The van der Waals surface area contributed by atoms with Gasteiger partial charge in [-0.15, -0.1) is 12.4 Å². The molecule has 76 valence electrons. The van der Waals surface area contributed by atoms with Crippen molar-refractivity contribution in [1.82, 2.24) is 5.32 Å². The normalized spacial score (nSPS) is 33.4. The van der Waals surface area contributed by atoms with Crippen LogP contribution in [0.5, 0.6) is 0 Å². The van der Waals surface area contributed by atoms with Crippen LogP contribution >= 0.6 is 24.0 Å². The molecule has 2 unspecified atom stereocenters. The zero-order valence-corrected chi connectivity index (χ0v) is 9.37. The van der Waals surface area contributed by atoms with E-state index in [2.05, 4.69) is 17.4 Å². The number of halogens is 2. The summed E-state index contributed by atoms with van der Waals surface area (Å²) in [5, 5.41) is 4.37. The van der Waals surface area contributed by atoms with Gasteiger partial charge in [0.15, 0.2) is 0 Å². The fourth-order valence-electron chi connectivity index (χ4n) is 2.62. The highest BCUT2D eigenvalue weighted by atomic mass is 35.5. The van der Waals surface area contributed by atoms with Crippen LogP contribution in [0.4, 0.5) is 0 Å². The lowest BCUT2D eigenvalue weighted by atomic mass is 9.95. The second-order valence-corrected chi connectivity index (χ2v) is 4.58. The molecule has 1 aromatic rings. The summed E-state index contributed by atoms with van der Waals surface area (Å²) in [5.41, 5.74) is 1.75. The zero-order valence-electron chi connectivity index (χ0n) is 7.79. The van der Waals surface area contributed by atoms with Crippen LogP contribution in [-0.2, 0) is 5.41 Å². The summed E-state index contributed by atoms with van der Waals surface area (Å²) in [5.74, 6) is 0.840. The highest BCUT2D eigenvalue weighted by Gasteiger charge is 2.58. The van der Waals surface area contributed by atoms with Gasteiger partial charge in [0, 0.05) is 17.0 Å². The molecule has 1 heterocycles. The van der Waals surface area contributed by atoms with Crippen molar-refractivity contribution in [2.24, 2.45) is 5.92 Å². The van der Waals surface area contributed by atoms with Crippen molar-refractivity contribution in [3.8, 4) is 0 Å². The summed E-state index contributed by atoms with van der Waals surface area (Å²) in [4.78, 5) is 0. The lowest BCUT2D eigenvalue weighted by Crippen LogP contribution is -2.19. The van der Waals surface area contributed by atoms with Gasteiger partial charge in [-0.05, 0) is 30.5 Å². The van der Waals surface area contributed by atoms with E-state index in [0.717, 1.165) is 17.5 Å². The van der Waals surface area contributed by atoms with Crippen molar-refractivity contribution in [2.75, 3.05) is 13.1 Å². The van der Waals surface area contributed by atoms with E-state index in [-0.39, 0.29) is 12.4 Å². The van der Waals surface area contributed by atoms with Crippen LogP contribution in [0, 0.1) is 5.92 Å². The predicted molar refractivity (Wildman–Crippen MR) is 61.4 cm³/mol. The largest absolute Gasteiger partial charge is 0.316 e. The first-order chi connectivity index (χ1) is 6.33. The topological polar surface area (TPSA) is 12.0 Å². The van der Waals surface area contributed by atoms with Gasteiger partial charge in [-0.2, -0.15) is 0 Å². The van der Waals surface area contributed by atoms with Crippen molar-refractivity contribution >= 4 is 24.0 Å². The lowest BCUT2D eigenvalue weighted by Gasteiger charge is -2.13. The molecule has 0 spiro atoms. The van der Waals surface area contributed by atoms with Crippen LogP contribution in [0.25, 0.3) is 0 Å². The molecule has 2 atom stereocenters. The highest BCUT2D eigenvalue weighted by Crippen LogP contribution is 2.57. The van der Waals surface area contributed by atoms with Gasteiger partial charge in [-0.1, -0.05) is 29.8 Å². The summed E-state index contributed by atoms with van der Waals surface area (Å²) in [6.07, 6.45) is 1.32. The minimum atomic E-state index is 0. The molecule has 1 aliphatic heterocycles. The van der Waals surface area contributed by atoms with Gasteiger partial charge in [-0.3, -0.25) is 0 Å². The number of fused-ring (bicyclic) bond motifs is 1. The van der Waals surface area contributed by atoms with Crippen LogP contribution < -0.4 is 5.32 Å². The minimum absolute atomic E-state index is 0.